The van der Waals surface area contributed by atoms with Crippen molar-refractivity contribution in [2.75, 3.05) is 0 Å². The zero-order valence-electron chi connectivity index (χ0n) is 6.89. The van der Waals surface area contributed by atoms with Gasteiger partial charge in [-0.2, -0.15) is 0 Å². The third kappa shape index (κ3) is 1.64. The highest BCUT2D eigenvalue weighted by atomic mass is 16.3. The molecule has 1 rings (SSSR count). The highest BCUT2D eigenvalue weighted by Crippen LogP contribution is 2.14. The minimum Gasteiger partial charge on any atom is -0.510 e. The first-order valence-electron chi connectivity index (χ1n) is 3.60. The minimum atomic E-state index is -0.0972. The van der Waals surface area contributed by atoms with Gasteiger partial charge in [0.2, 0.25) is 0 Å². The fourth-order valence-electron chi connectivity index (χ4n) is 1.09. The van der Waals surface area contributed by atoms with Crippen molar-refractivity contribution in [1.82, 2.24) is 5.32 Å². The molecular weight excluding hydrogens is 138 g/mol. The van der Waals surface area contributed by atoms with E-state index in [1.165, 1.54) is 0 Å². The molecule has 2 N–H and O–H groups in total. The van der Waals surface area contributed by atoms with Gasteiger partial charge in [0.25, 0.3) is 0 Å². The zero-order chi connectivity index (χ0) is 8.43. The number of dihydropyridines is 1. The molecule has 11 heavy (non-hydrogen) atoms. The molecule has 0 saturated heterocycles. The Labute approximate surface area is 66.9 Å². The number of hydrogen-bond donors (Lipinski definition) is 2. The number of hydrogen-bond acceptors (Lipinski definition) is 2. The van der Waals surface area contributed by atoms with Gasteiger partial charge < -0.3 is 10.4 Å². The number of rotatable bonds is 1. The lowest BCUT2D eigenvalue weighted by molar-refractivity contribution is 0.366. The second-order valence-electron chi connectivity index (χ2n) is 2.83. The van der Waals surface area contributed by atoms with Crippen LogP contribution in [0.3, 0.4) is 0 Å². The van der Waals surface area contributed by atoms with Crippen LogP contribution in [0.2, 0.25) is 0 Å². The molecule has 0 saturated carbocycles. The molecule has 2 heteroatoms. The van der Waals surface area contributed by atoms with Crippen LogP contribution in [0.15, 0.2) is 35.8 Å². The van der Waals surface area contributed by atoms with Gasteiger partial charge in [0.1, 0.15) is 11.8 Å². The van der Waals surface area contributed by atoms with Crippen molar-refractivity contribution < 1.29 is 5.11 Å². The molecule has 60 valence electrons. The minimum absolute atomic E-state index is 0.0972. The number of aliphatic hydroxyl groups excluding tert-OH is 1. The van der Waals surface area contributed by atoms with Gasteiger partial charge in [-0.05, 0) is 25.5 Å². The molecule has 0 bridgehead atoms. The Morgan fingerprint density at radius 1 is 1.55 bits per heavy atom. The monoisotopic (exact) mass is 151 g/mol. The second kappa shape index (κ2) is 2.82. The Morgan fingerprint density at radius 2 is 2.18 bits per heavy atom. The van der Waals surface area contributed by atoms with Crippen LogP contribution in [0.4, 0.5) is 0 Å². The highest BCUT2D eigenvalue weighted by molar-refractivity contribution is 5.30. The van der Waals surface area contributed by atoms with E-state index in [9.17, 15) is 0 Å². The highest BCUT2D eigenvalue weighted by Gasteiger charge is 2.15. The molecule has 0 aliphatic carbocycles. The number of nitrogens with one attached hydrogen (secondary N) is 1. The molecule has 1 aliphatic heterocycles. The summed E-state index contributed by atoms with van der Waals surface area (Å²) in [6.07, 6.45) is 3.96. The molecular formula is C9H13NO. The normalized spacial score (nSPS) is 23.3. The summed E-state index contributed by atoms with van der Waals surface area (Å²) in [6.45, 7) is 7.41. The Kier molecular flexibility index (Phi) is 2.03. The van der Waals surface area contributed by atoms with Crippen molar-refractivity contribution in [3.63, 3.8) is 0 Å². The lowest BCUT2D eigenvalue weighted by Gasteiger charge is -2.22. The van der Waals surface area contributed by atoms with Crippen LogP contribution in [0.5, 0.6) is 0 Å². The van der Waals surface area contributed by atoms with Gasteiger partial charge in [-0.1, -0.05) is 12.7 Å². The number of aliphatic hydroxyl groups is 1. The van der Waals surface area contributed by atoms with E-state index in [0.717, 1.165) is 11.3 Å². The van der Waals surface area contributed by atoms with E-state index in [1.54, 1.807) is 0 Å². The molecule has 0 aromatic rings. The Morgan fingerprint density at radius 3 is 2.64 bits per heavy atom. The van der Waals surface area contributed by atoms with Crippen molar-refractivity contribution in [2.24, 2.45) is 0 Å². The predicted octanol–water partition coefficient (Wildman–Crippen LogP) is 1.88. The molecule has 2 nitrogen and oxygen atoms in total. The quantitative estimate of drug-likeness (QED) is 0.561. The van der Waals surface area contributed by atoms with E-state index >= 15 is 0 Å². The first-order valence-corrected chi connectivity index (χ1v) is 3.60. The summed E-state index contributed by atoms with van der Waals surface area (Å²) < 4.78 is 0. The summed E-state index contributed by atoms with van der Waals surface area (Å²) in [5.74, 6) is 0.172. The van der Waals surface area contributed by atoms with E-state index in [1.807, 2.05) is 26.0 Å². The van der Waals surface area contributed by atoms with Crippen LogP contribution in [0, 0.1) is 0 Å². The van der Waals surface area contributed by atoms with Crippen LogP contribution in [0.1, 0.15) is 13.8 Å². The van der Waals surface area contributed by atoms with Crippen LogP contribution in [-0.2, 0) is 0 Å². The van der Waals surface area contributed by atoms with Gasteiger partial charge in [-0.25, -0.2) is 0 Å². The van der Waals surface area contributed by atoms with Crippen molar-refractivity contribution >= 4 is 0 Å². The maximum atomic E-state index is 9.14. The van der Waals surface area contributed by atoms with E-state index < -0.39 is 0 Å². The molecule has 0 spiro atoms. The summed E-state index contributed by atoms with van der Waals surface area (Å²) in [6, 6.07) is -0.0972. The van der Waals surface area contributed by atoms with E-state index in [0.29, 0.717) is 0 Å². The smallest absolute Gasteiger partial charge is 0.112 e. The summed E-state index contributed by atoms with van der Waals surface area (Å²) >= 11 is 0. The summed E-state index contributed by atoms with van der Waals surface area (Å²) in [5, 5.41) is 12.2. The van der Waals surface area contributed by atoms with Gasteiger partial charge in [0.05, 0.1) is 0 Å². The zero-order valence-corrected chi connectivity index (χ0v) is 6.89. The summed E-state index contributed by atoms with van der Waals surface area (Å²) in [7, 11) is 0. The Bertz CT molecular complexity index is 238. The molecule has 1 heterocycles. The summed E-state index contributed by atoms with van der Waals surface area (Å²) in [5.41, 5.74) is 2.14. The van der Waals surface area contributed by atoms with Crippen LogP contribution < -0.4 is 5.32 Å². The van der Waals surface area contributed by atoms with Gasteiger partial charge >= 0.3 is 0 Å². The second-order valence-corrected chi connectivity index (χ2v) is 2.83. The van der Waals surface area contributed by atoms with Gasteiger partial charge in [0.15, 0.2) is 0 Å². The fourth-order valence-corrected chi connectivity index (χ4v) is 1.09. The summed E-state index contributed by atoms with van der Waals surface area (Å²) in [4.78, 5) is 0. The lowest BCUT2D eigenvalue weighted by atomic mass is 10.0. The molecule has 1 aliphatic rings. The maximum Gasteiger partial charge on any atom is 0.112 e. The molecule has 0 fully saturated rings. The van der Waals surface area contributed by atoms with Gasteiger partial charge in [-0.15, -0.1) is 0 Å². The Balaban J connectivity index is 2.81. The average Bonchev–Trinajstić information content (AvgIpc) is 1.94. The first kappa shape index (κ1) is 7.92. The van der Waals surface area contributed by atoms with Crippen molar-refractivity contribution in [3.8, 4) is 0 Å². The van der Waals surface area contributed by atoms with E-state index in [4.69, 9.17) is 5.11 Å². The lowest BCUT2D eigenvalue weighted by Crippen LogP contribution is -2.32. The molecule has 1 unspecified atom stereocenters. The van der Waals surface area contributed by atoms with Crippen LogP contribution in [0.25, 0.3) is 0 Å². The van der Waals surface area contributed by atoms with Crippen molar-refractivity contribution in [3.05, 3.63) is 35.8 Å². The number of allylic oxidation sites excluding steroid dienone is 3. The molecule has 0 radical (unpaired) electrons. The molecule has 1 atom stereocenters. The van der Waals surface area contributed by atoms with E-state index in [-0.39, 0.29) is 11.8 Å². The third-order valence-corrected chi connectivity index (χ3v) is 1.76. The van der Waals surface area contributed by atoms with Crippen LogP contribution >= 0.6 is 0 Å². The molecule has 0 aromatic carbocycles. The van der Waals surface area contributed by atoms with Crippen molar-refractivity contribution in [2.45, 2.75) is 19.9 Å². The van der Waals surface area contributed by atoms with Gasteiger partial charge in [0, 0.05) is 5.70 Å². The third-order valence-electron chi connectivity index (χ3n) is 1.76. The molecule has 0 aromatic heterocycles. The van der Waals surface area contributed by atoms with Gasteiger partial charge in [-0.3, -0.25) is 0 Å². The predicted molar refractivity (Wildman–Crippen MR) is 46.2 cm³/mol. The standard InChI is InChI=1S/C9H13NO/c1-6-4-5-7(2)10-9(6)8(3)11/h4-5,9-11H,3H2,1-2H3. The fraction of sp³-hybridized carbons (Fsp3) is 0.333. The van der Waals surface area contributed by atoms with Crippen molar-refractivity contribution in [1.29, 1.82) is 0 Å². The average molecular weight is 151 g/mol. The van der Waals surface area contributed by atoms with E-state index in [2.05, 4.69) is 11.9 Å². The topological polar surface area (TPSA) is 32.3 Å². The molecule has 0 amide bonds. The maximum absolute atomic E-state index is 9.14. The Hall–Kier alpha value is -1.18. The largest absolute Gasteiger partial charge is 0.510 e. The van der Waals surface area contributed by atoms with Crippen LogP contribution in [-0.4, -0.2) is 11.1 Å². The first-order chi connectivity index (χ1) is 5.11. The SMILES string of the molecule is C=C(O)C1NC(C)=CC=C1C.